The standard InChI is InChI=1S/C16H22N4O/c21-16-17-7-9-20(16)15-3-1-2-12(10-15)18-13-6-8-19(11-13)14-4-5-14/h1-3,10,13-14,18H,4-9,11H2,(H,17,21). The number of benzene rings is 1. The van der Waals surface area contributed by atoms with Crippen molar-refractivity contribution < 1.29 is 4.79 Å². The van der Waals surface area contributed by atoms with E-state index in [2.05, 4.69) is 27.7 Å². The summed E-state index contributed by atoms with van der Waals surface area (Å²) in [5, 5.41) is 6.48. The number of likely N-dealkylation sites (tertiary alicyclic amines) is 1. The summed E-state index contributed by atoms with van der Waals surface area (Å²) < 4.78 is 0. The average molecular weight is 286 g/mol. The first-order valence-corrected chi connectivity index (χ1v) is 7.95. The highest BCUT2D eigenvalue weighted by atomic mass is 16.2. The van der Waals surface area contributed by atoms with Gasteiger partial charge in [0.05, 0.1) is 0 Å². The highest BCUT2D eigenvalue weighted by molar-refractivity contribution is 5.94. The third-order valence-corrected chi connectivity index (χ3v) is 4.67. The van der Waals surface area contributed by atoms with Crippen LogP contribution in [0.1, 0.15) is 19.3 Å². The van der Waals surface area contributed by atoms with Crippen molar-refractivity contribution in [2.24, 2.45) is 0 Å². The number of amides is 2. The minimum Gasteiger partial charge on any atom is -0.381 e. The number of anilines is 2. The van der Waals surface area contributed by atoms with E-state index in [9.17, 15) is 4.79 Å². The number of nitrogens with zero attached hydrogens (tertiary/aromatic N) is 2. The molecule has 1 aliphatic carbocycles. The Morgan fingerprint density at radius 3 is 2.86 bits per heavy atom. The normalized spacial score (nSPS) is 26.2. The van der Waals surface area contributed by atoms with Crippen LogP contribution in [0, 0.1) is 0 Å². The fourth-order valence-electron chi connectivity index (χ4n) is 3.39. The Hall–Kier alpha value is -1.75. The monoisotopic (exact) mass is 286 g/mol. The van der Waals surface area contributed by atoms with E-state index < -0.39 is 0 Å². The smallest absolute Gasteiger partial charge is 0.321 e. The first-order valence-electron chi connectivity index (χ1n) is 7.95. The van der Waals surface area contributed by atoms with E-state index >= 15 is 0 Å². The zero-order valence-corrected chi connectivity index (χ0v) is 12.2. The van der Waals surface area contributed by atoms with Gasteiger partial charge in [-0.05, 0) is 37.5 Å². The fraction of sp³-hybridized carbons (Fsp3) is 0.562. The number of carbonyl (C=O) groups excluding carboxylic acids is 1. The van der Waals surface area contributed by atoms with Crippen molar-refractivity contribution in [1.29, 1.82) is 0 Å². The minimum atomic E-state index is 0.00734. The van der Waals surface area contributed by atoms with Gasteiger partial charge in [-0.15, -0.1) is 0 Å². The summed E-state index contributed by atoms with van der Waals surface area (Å²) in [6, 6.07) is 9.61. The van der Waals surface area contributed by atoms with E-state index in [1.54, 1.807) is 4.90 Å². The van der Waals surface area contributed by atoms with E-state index in [-0.39, 0.29) is 6.03 Å². The van der Waals surface area contributed by atoms with Crippen molar-refractivity contribution in [3.8, 4) is 0 Å². The zero-order chi connectivity index (χ0) is 14.2. The van der Waals surface area contributed by atoms with Gasteiger partial charge < -0.3 is 10.6 Å². The zero-order valence-electron chi connectivity index (χ0n) is 12.2. The van der Waals surface area contributed by atoms with Crippen molar-refractivity contribution in [2.75, 3.05) is 36.4 Å². The van der Waals surface area contributed by atoms with Crippen LogP contribution in [0.2, 0.25) is 0 Å². The van der Waals surface area contributed by atoms with Crippen LogP contribution >= 0.6 is 0 Å². The Morgan fingerprint density at radius 1 is 1.19 bits per heavy atom. The second kappa shape index (κ2) is 5.22. The Kier molecular flexibility index (Phi) is 3.22. The molecule has 5 heteroatoms. The first kappa shape index (κ1) is 13.0. The molecule has 0 spiro atoms. The molecule has 1 aromatic rings. The molecule has 1 atom stereocenters. The van der Waals surface area contributed by atoms with Gasteiger partial charge in [0.2, 0.25) is 0 Å². The Balaban J connectivity index is 1.42. The minimum absolute atomic E-state index is 0.00734. The summed E-state index contributed by atoms with van der Waals surface area (Å²) in [5.41, 5.74) is 2.10. The van der Waals surface area contributed by atoms with Gasteiger partial charge in [0.25, 0.3) is 0 Å². The third kappa shape index (κ3) is 2.70. The van der Waals surface area contributed by atoms with Crippen LogP contribution in [0.5, 0.6) is 0 Å². The van der Waals surface area contributed by atoms with Crippen molar-refractivity contribution in [1.82, 2.24) is 10.2 Å². The van der Waals surface area contributed by atoms with Gasteiger partial charge in [-0.3, -0.25) is 9.80 Å². The number of carbonyl (C=O) groups is 1. The molecule has 2 N–H and O–H groups in total. The van der Waals surface area contributed by atoms with Crippen molar-refractivity contribution in [3.63, 3.8) is 0 Å². The summed E-state index contributed by atoms with van der Waals surface area (Å²) in [6.45, 7) is 3.85. The van der Waals surface area contributed by atoms with E-state index in [4.69, 9.17) is 0 Å². The molecule has 112 valence electrons. The molecule has 0 bridgehead atoms. The molecule has 2 saturated heterocycles. The lowest BCUT2D eigenvalue weighted by Crippen LogP contribution is -2.28. The van der Waals surface area contributed by atoms with E-state index in [0.29, 0.717) is 6.04 Å². The molecule has 5 nitrogen and oxygen atoms in total. The molecular weight excluding hydrogens is 264 g/mol. The van der Waals surface area contributed by atoms with Crippen LogP contribution in [0.15, 0.2) is 24.3 Å². The molecule has 0 radical (unpaired) electrons. The summed E-state index contributed by atoms with van der Waals surface area (Å²) in [4.78, 5) is 16.2. The topological polar surface area (TPSA) is 47.6 Å². The SMILES string of the molecule is O=C1NCCN1c1cccc(NC2CCN(C3CC3)C2)c1. The molecule has 21 heavy (non-hydrogen) atoms. The number of hydrogen-bond donors (Lipinski definition) is 2. The number of nitrogens with one attached hydrogen (secondary N) is 2. The number of rotatable bonds is 4. The van der Waals surface area contributed by atoms with Crippen LogP contribution in [0.3, 0.4) is 0 Å². The van der Waals surface area contributed by atoms with E-state index in [0.717, 1.165) is 37.1 Å². The van der Waals surface area contributed by atoms with E-state index in [1.165, 1.54) is 25.8 Å². The lowest BCUT2D eigenvalue weighted by molar-refractivity contribution is 0.252. The van der Waals surface area contributed by atoms with Gasteiger partial charge >= 0.3 is 6.03 Å². The predicted octanol–water partition coefficient (Wildman–Crippen LogP) is 1.86. The van der Waals surface area contributed by atoms with Gasteiger partial charge in [0, 0.05) is 49.6 Å². The molecular formula is C16H22N4O. The van der Waals surface area contributed by atoms with Gasteiger partial charge in [-0.1, -0.05) is 6.07 Å². The second-order valence-corrected chi connectivity index (χ2v) is 6.29. The maximum absolute atomic E-state index is 11.7. The third-order valence-electron chi connectivity index (χ3n) is 4.67. The van der Waals surface area contributed by atoms with Crippen LogP contribution in [0.25, 0.3) is 0 Å². The summed E-state index contributed by atoms with van der Waals surface area (Å²) in [6.07, 6.45) is 3.98. The average Bonchev–Trinajstić information content (AvgIpc) is 3.09. The maximum atomic E-state index is 11.7. The molecule has 3 fully saturated rings. The lowest BCUT2D eigenvalue weighted by atomic mass is 10.2. The van der Waals surface area contributed by atoms with Gasteiger partial charge in [-0.2, -0.15) is 0 Å². The molecule has 1 unspecified atom stereocenters. The Bertz CT molecular complexity index is 543. The molecule has 3 aliphatic rings. The lowest BCUT2D eigenvalue weighted by Gasteiger charge is -2.19. The summed E-state index contributed by atoms with van der Waals surface area (Å²) in [5.74, 6) is 0. The van der Waals surface area contributed by atoms with Gasteiger partial charge in [-0.25, -0.2) is 4.79 Å². The van der Waals surface area contributed by atoms with Crippen molar-refractivity contribution >= 4 is 17.4 Å². The summed E-state index contributed by atoms with van der Waals surface area (Å²) >= 11 is 0. The largest absolute Gasteiger partial charge is 0.381 e. The number of hydrogen-bond acceptors (Lipinski definition) is 3. The van der Waals surface area contributed by atoms with Gasteiger partial charge in [0.15, 0.2) is 0 Å². The molecule has 1 saturated carbocycles. The quantitative estimate of drug-likeness (QED) is 0.888. The number of urea groups is 1. The highest BCUT2D eigenvalue weighted by Crippen LogP contribution is 2.31. The second-order valence-electron chi connectivity index (χ2n) is 6.29. The van der Waals surface area contributed by atoms with Crippen LogP contribution < -0.4 is 15.5 Å². The molecule has 2 heterocycles. The van der Waals surface area contributed by atoms with Crippen molar-refractivity contribution in [2.45, 2.75) is 31.3 Å². The predicted molar refractivity (Wildman–Crippen MR) is 83.8 cm³/mol. The molecule has 2 amide bonds. The molecule has 2 aliphatic heterocycles. The highest BCUT2D eigenvalue weighted by Gasteiger charge is 2.34. The Labute approximate surface area is 125 Å². The summed E-state index contributed by atoms with van der Waals surface area (Å²) in [7, 11) is 0. The van der Waals surface area contributed by atoms with Crippen molar-refractivity contribution in [3.05, 3.63) is 24.3 Å². The Morgan fingerprint density at radius 2 is 2.10 bits per heavy atom. The maximum Gasteiger partial charge on any atom is 0.321 e. The van der Waals surface area contributed by atoms with Crippen LogP contribution in [-0.4, -0.2) is 49.2 Å². The molecule has 4 rings (SSSR count). The van der Waals surface area contributed by atoms with Gasteiger partial charge in [0.1, 0.15) is 0 Å². The fourth-order valence-corrected chi connectivity index (χ4v) is 3.39. The van der Waals surface area contributed by atoms with Crippen LogP contribution in [0.4, 0.5) is 16.2 Å². The first-order chi connectivity index (χ1) is 10.3. The van der Waals surface area contributed by atoms with Crippen LogP contribution in [-0.2, 0) is 0 Å². The molecule has 1 aromatic carbocycles. The molecule has 0 aromatic heterocycles. The van der Waals surface area contributed by atoms with E-state index in [1.807, 2.05) is 12.1 Å².